The molecule has 168 valence electrons. The molecule has 0 radical (unpaired) electrons. The van der Waals surface area contributed by atoms with Gasteiger partial charge in [-0.25, -0.2) is 23.7 Å². The van der Waals surface area contributed by atoms with E-state index in [2.05, 4.69) is 17.8 Å². The van der Waals surface area contributed by atoms with Crippen molar-refractivity contribution in [2.45, 2.75) is 44.2 Å². The van der Waals surface area contributed by atoms with E-state index >= 15 is 0 Å². The number of carbonyl (C=O) groups is 3. The van der Waals surface area contributed by atoms with Crippen molar-refractivity contribution in [3.05, 3.63) is 23.0 Å². The molecule has 1 saturated carbocycles. The fourth-order valence-corrected chi connectivity index (χ4v) is 3.53. The number of carbonyl (C=O) groups excluding carboxylic acids is 3. The van der Waals surface area contributed by atoms with E-state index in [-0.39, 0.29) is 16.5 Å². The normalized spacial score (nSPS) is 18.5. The second-order valence-electron chi connectivity index (χ2n) is 7.24. The van der Waals surface area contributed by atoms with Crippen molar-refractivity contribution in [3.8, 4) is 5.75 Å². The van der Waals surface area contributed by atoms with E-state index in [0.29, 0.717) is 4.90 Å². The van der Waals surface area contributed by atoms with Crippen LogP contribution in [0.3, 0.4) is 0 Å². The third kappa shape index (κ3) is 4.72. The van der Waals surface area contributed by atoms with Crippen LogP contribution < -0.4 is 9.64 Å². The topological polar surface area (TPSA) is 91.8 Å². The lowest BCUT2D eigenvalue weighted by molar-refractivity contribution is -0.151. The van der Waals surface area contributed by atoms with Gasteiger partial charge in [-0.2, -0.15) is 0 Å². The predicted octanol–water partition coefficient (Wildman–Crippen LogP) is 3.86. The minimum absolute atomic E-state index is 0.102. The number of hydrogen-bond donors (Lipinski definition) is 1. The van der Waals surface area contributed by atoms with Crippen molar-refractivity contribution in [1.29, 1.82) is 0 Å². The summed E-state index contributed by atoms with van der Waals surface area (Å²) in [6.45, 7) is 1.42. The lowest BCUT2D eigenvalue weighted by atomic mass is 10.2. The van der Waals surface area contributed by atoms with Gasteiger partial charge in [0.1, 0.15) is 11.6 Å². The number of halogens is 2. The molecule has 1 aliphatic carbocycles. The summed E-state index contributed by atoms with van der Waals surface area (Å²) >= 11 is 10.2. The number of urea groups is 2. The van der Waals surface area contributed by atoms with Crippen LogP contribution in [0.4, 0.5) is 19.7 Å². The number of thiol groups is 1. The van der Waals surface area contributed by atoms with Gasteiger partial charge >= 0.3 is 18.0 Å². The van der Waals surface area contributed by atoms with E-state index in [4.69, 9.17) is 21.2 Å². The summed E-state index contributed by atoms with van der Waals surface area (Å²) in [4.78, 5) is 45.3. The van der Waals surface area contributed by atoms with Crippen LogP contribution >= 0.6 is 24.2 Å². The molecule has 1 atom stereocenters. The molecule has 4 amide bonds. The molecule has 2 aliphatic rings. The van der Waals surface area contributed by atoms with Crippen molar-refractivity contribution in [2.24, 2.45) is 5.16 Å². The molecule has 0 spiro atoms. The van der Waals surface area contributed by atoms with Gasteiger partial charge in [-0.05, 0) is 38.7 Å². The highest BCUT2D eigenvalue weighted by atomic mass is 35.5. The number of anilines is 1. The van der Waals surface area contributed by atoms with Gasteiger partial charge in [0, 0.05) is 20.2 Å². The lowest BCUT2D eigenvalue weighted by Gasteiger charge is -2.41. The number of imide groups is 1. The molecule has 0 N–H and O–H groups in total. The number of rotatable bonds is 5. The highest BCUT2D eigenvalue weighted by Gasteiger charge is 2.41. The molecule has 1 aromatic carbocycles. The Morgan fingerprint density at radius 1 is 1.23 bits per heavy atom. The Balaban J connectivity index is 1.82. The number of hydrogen-bond acceptors (Lipinski definition) is 7. The minimum Gasteiger partial charge on any atom is -0.477 e. The first kappa shape index (κ1) is 23.1. The van der Waals surface area contributed by atoms with Crippen molar-refractivity contribution in [3.63, 3.8) is 0 Å². The maximum atomic E-state index is 14.7. The highest BCUT2D eigenvalue weighted by molar-refractivity contribution is 7.80. The lowest BCUT2D eigenvalue weighted by Crippen LogP contribution is -2.62. The number of nitrogens with zero attached hydrogens (tertiary/aromatic N) is 4. The van der Waals surface area contributed by atoms with E-state index in [9.17, 15) is 18.8 Å². The SMILES string of the molecule is CC(Oc1cc(N2C(=O)N(C)C(S)N(C)C2=O)c(F)cc1Cl)C(=O)ON=C1CCCC1. The Kier molecular flexibility index (Phi) is 6.95. The quantitative estimate of drug-likeness (QED) is 0.399. The third-order valence-corrected chi connectivity index (χ3v) is 5.99. The van der Waals surface area contributed by atoms with Gasteiger partial charge in [-0.3, -0.25) is 9.80 Å². The van der Waals surface area contributed by atoms with Crippen molar-refractivity contribution >= 4 is 53.7 Å². The minimum atomic E-state index is -1.12. The molecule has 12 heteroatoms. The summed E-state index contributed by atoms with van der Waals surface area (Å²) < 4.78 is 20.2. The molecule has 31 heavy (non-hydrogen) atoms. The number of ether oxygens (including phenoxy) is 1. The predicted molar refractivity (Wildman–Crippen MR) is 115 cm³/mol. The van der Waals surface area contributed by atoms with Crippen LogP contribution in [0.25, 0.3) is 0 Å². The zero-order valence-corrected chi connectivity index (χ0v) is 18.8. The smallest absolute Gasteiger partial charge is 0.374 e. The van der Waals surface area contributed by atoms with E-state index in [1.54, 1.807) is 0 Å². The molecule has 0 aromatic heterocycles. The Hall–Kier alpha value is -2.53. The second-order valence-corrected chi connectivity index (χ2v) is 8.11. The monoisotopic (exact) mass is 472 g/mol. The first-order valence-electron chi connectivity index (χ1n) is 9.56. The van der Waals surface area contributed by atoms with Crippen molar-refractivity contribution in [2.75, 3.05) is 19.0 Å². The number of benzene rings is 1. The van der Waals surface area contributed by atoms with E-state index < -0.39 is 35.5 Å². The van der Waals surface area contributed by atoms with Gasteiger partial charge in [0.15, 0.2) is 11.6 Å². The van der Waals surface area contributed by atoms with Gasteiger partial charge in [0.2, 0.25) is 0 Å². The van der Waals surface area contributed by atoms with Gasteiger partial charge in [-0.1, -0.05) is 16.8 Å². The summed E-state index contributed by atoms with van der Waals surface area (Å²) in [6, 6.07) is 0.419. The van der Waals surface area contributed by atoms with E-state index in [1.807, 2.05) is 0 Å². The van der Waals surface area contributed by atoms with Crippen LogP contribution in [0.5, 0.6) is 5.75 Å². The van der Waals surface area contributed by atoms with Crippen LogP contribution in [0.2, 0.25) is 5.02 Å². The zero-order chi connectivity index (χ0) is 22.9. The molecule has 1 aliphatic heterocycles. The highest BCUT2D eigenvalue weighted by Crippen LogP contribution is 2.35. The average molecular weight is 473 g/mol. The van der Waals surface area contributed by atoms with Crippen LogP contribution in [0, 0.1) is 5.82 Å². The zero-order valence-electron chi connectivity index (χ0n) is 17.2. The van der Waals surface area contributed by atoms with Crippen molar-refractivity contribution in [1.82, 2.24) is 9.80 Å². The largest absolute Gasteiger partial charge is 0.477 e. The Bertz CT molecular complexity index is 916. The Labute approximate surface area is 189 Å². The summed E-state index contributed by atoms with van der Waals surface area (Å²) in [6.07, 6.45) is 2.44. The van der Waals surface area contributed by atoms with Crippen LogP contribution in [0.1, 0.15) is 32.6 Å². The molecule has 0 bridgehead atoms. The Morgan fingerprint density at radius 3 is 2.39 bits per heavy atom. The fourth-order valence-electron chi connectivity index (χ4n) is 3.14. The average Bonchev–Trinajstić information content (AvgIpc) is 3.25. The molecule has 2 fully saturated rings. The van der Waals surface area contributed by atoms with Gasteiger partial charge in [0.25, 0.3) is 0 Å². The van der Waals surface area contributed by atoms with E-state index in [1.165, 1.54) is 21.0 Å². The molecular weight excluding hydrogens is 451 g/mol. The summed E-state index contributed by atoms with van der Waals surface area (Å²) in [5.74, 6) is -1.78. The van der Waals surface area contributed by atoms with Gasteiger partial charge in [-0.15, -0.1) is 12.6 Å². The fraction of sp³-hybridized carbons (Fsp3) is 0.474. The first-order chi connectivity index (χ1) is 14.6. The molecule has 1 unspecified atom stereocenters. The molecule has 3 rings (SSSR count). The van der Waals surface area contributed by atoms with Crippen molar-refractivity contribution < 1.29 is 28.3 Å². The second kappa shape index (κ2) is 9.31. The molecular formula is C19H22ClFN4O5S. The Morgan fingerprint density at radius 2 is 1.81 bits per heavy atom. The van der Waals surface area contributed by atoms with Crippen LogP contribution in [-0.2, 0) is 9.63 Å². The summed E-state index contributed by atoms with van der Waals surface area (Å²) in [7, 11) is 2.84. The van der Waals surface area contributed by atoms with Crippen LogP contribution in [0.15, 0.2) is 17.3 Å². The number of oxime groups is 1. The van der Waals surface area contributed by atoms with Gasteiger partial charge < -0.3 is 9.57 Å². The summed E-state index contributed by atoms with van der Waals surface area (Å²) in [5.41, 5.74) is -0.376. The molecule has 1 aromatic rings. The van der Waals surface area contributed by atoms with Crippen LogP contribution in [-0.4, -0.2) is 59.2 Å². The number of amides is 4. The third-order valence-electron chi connectivity index (χ3n) is 5.00. The molecule has 1 saturated heterocycles. The van der Waals surface area contributed by atoms with E-state index in [0.717, 1.165) is 53.3 Å². The maximum Gasteiger partial charge on any atom is 0.374 e. The first-order valence-corrected chi connectivity index (χ1v) is 10.4. The standard InChI is InChI=1S/C19H22ClFN4O5S/c1-10(16(26)30-22-11-6-4-5-7-11)29-15-9-14(13(21)8-12(15)20)25-17(27)23(2)19(31)24(3)18(25)28/h8-10,19,31H,4-7H2,1-3H3. The van der Waals surface area contributed by atoms with Gasteiger partial charge in [0.05, 0.1) is 16.4 Å². The maximum absolute atomic E-state index is 14.7. The molecule has 9 nitrogen and oxygen atoms in total. The summed E-state index contributed by atoms with van der Waals surface area (Å²) in [5, 5.41) is 3.69. The molecule has 1 heterocycles.